The summed E-state index contributed by atoms with van der Waals surface area (Å²) in [5.41, 5.74) is 0.826. The summed E-state index contributed by atoms with van der Waals surface area (Å²) in [6, 6.07) is 0. The SMILES string of the molecule is C.C.C=C(C)C(=O)OCCNC(=O)OCCN(CCOC(=O)NCCOC(=O)C(=C)C)CC(C)C(=O)OC[Si](C)(OC)OC.C=C(C)C(=O)OCCOC#N.CO[Si](C)(COC(=O)C(C)CN(C(C)O)C(C)O)OC. The minimum Gasteiger partial charge on any atom is -0.464 e. The fourth-order valence-electron chi connectivity index (χ4n) is 4.68. The zero-order valence-corrected chi connectivity index (χ0v) is 46.8. The Morgan fingerprint density at radius 2 is 0.880 bits per heavy atom. The van der Waals surface area contributed by atoms with Gasteiger partial charge in [0.1, 0.15) is 64.6 Å². The molecule has 0 radical (unpaired) electrons. The highest BCUT2D eigenvalue weighted by Crippen LogP contribution is 2.12. The number of carbonyl (C=O) groups is 7. The van der Waals surface area contributed by atoms with Crippen molar-refractivity contribution in [3.05, 3.63) is 36.5 Å². The Hall–Kier alpha value is -5.49. The number of nitrogens with one attached hydrogen (secondary N) is 2. The van der Waals surface area contributed by atoms with Gasteiger partial charge in [-0.15, -0.1) is 0 Å². The van der Waals surface area contributed by atoms with Gasteiger partial charge < -0.3 is 76.4 Å². The van der Waals surface area contributed by atoms with Crippen molar-refractivity contribution in [3.8, 4) is 6.26 Å². The van der Waals surface area contributed by atoms with E-state index in [-0.39, 0.29) is 117 Å². The molecule has 436 valence electrons. The van der Waals surface area contributed by atoms with Gasteiger partial charge in [-0.05, 0) is 47.7 Å². The number of hydrogen-bond donors (Lipinski definition) is 4. The number of amides is 2. The van der Waals surface area contributed by atoms with Crippen LogP contribution in [0.4, 0.5) is 9.59 Å². The van der Waals surface area contributed by atoms with E-state index in [4.69, 9.17) is 51.4 Å². The minimum atomic E-state index is -2.61. The quantitative estimate of drug-likeness (QED) is 0.0137. The molecule has 0 fully saturated rings. The Bertz CT molecular complexity index is 1700. The predicted octanol–water partition coefficient (Wildman–Crippen LogP) is 2.99. The van der Waals surface area contributed by atoms with E-state index in [9.17, 15) is 43.8 Å². The molecule has 4 N–H and O–H groups in total. The Labute approximate surface area is 446 Å². The first-order valence-corrected chi connectivity index (χ1v) is 27.8. The van der Waals surface area contributed by atoms with Crippen LogP contribution in [-0.2, 0) is 79.6 Å². The minimum absolute atomic E-state index is 0. The molecule has 0 heterocycles. The van der Waals surface area contributed by atoms with Gasteiger partial charge in [0.2, 0.25) is 0 Å². The standard InChI is InChI=1S/C26H45N3O12Si.C12H27NO6Si.C7H9NO3.2CH4/c1-19(2)22(30)37-13-9-27-25(33)39-15-11-29(17-21(5)24(32)41-18-42(8,35-6)36-7)12-16-40-26(34)28-10-14-38-23(31)20(3)4;1-9(7-13(10(2)14)11(3)15)12(16)19-8-20(6,17-4)18-5;1-6(2)7(9)11-4-3-10-5-8;;/h21H,1,3,9-18H2,2,4-8H3,(H,27,33)(H,28,34);9-11,14-15H,7-8H2,1-6H3;1,3-4H2,2H3;2*1H4. The lowest BCUT2D eigenvalue weighted by Gasteiger charge is -2.30. The zero-order valence-electron chi connectivity index (χ0n) is 44.8. The number of rotatable bonds is 34. The molecular formula is C47H89N5O21Si2. The number of aliphatic hydroxyl groups is 2. The summed E-state index contributed by atoms with van der Waals surface area (Å²) in [7, 11) is 0.968. The Morgan fingerprint density at radius 3 is 1.19 bits per heavy atom. The maximum absolute atomic E-state index is 12.6. The van der Waals surface area contributed by atoms with Crippen molar-refractivity contribution in [2.45, 2.75) is 88.9 Å². The number of esters is 5. The summed E-state index contributed by atoms with van der Waals surface area (Å²) in [5.74, 6) is -3.54. The van der Waals surface area contributed by atoms with Crippen LogP contribution in [0.15, 0.2) is 36.5 Å². The van der Waals surface area contributed by atoms with Gasteiger partial charge in [0, 0.05) is 71.3 Å². The molecule has 0 aliphatic rings. The van der Waals surface area contributed by atoms with Crippen LogP contribution in [0.1, 0.15) is 63.3 Å². The van der Waals surface area contributed by atoms with Gasteiger partial charge in [-0.1, -0.05) is 48.4 Å². The lowest BCUT2D eigenvalue weighted by Crippen LogP contribution is -2.46. The van der Waals surface area contributed by atoms with Crippen LogP contribution in [0, 0.1) is 23.4 Å². The normalized spacial score (nSPS) is 12.2. The number of ether oxygens (including phenoxy) is 8. The number of nitrogens with zero attached hydrogens (tertiary/aromatic N) is 3. The third-order valence-corrected chi connectivity index (χ3v) is 14.3. The fourth-order valence-corrected chi connectivity index (χ4v) is 6.29. The highest BCUT2D eigenvalue weighted by Gasteiger charge is 2.34. The van der Waals surface area contributed by atoms with Crippen LogP contribution >= 0.6 is 0 Å². The number of nitriles is 1. The molecule has 0 saturated carbocycles. The van der Waals surface area contributed by atoms with E-state index in [1.54, 1.807) is 38.8 Å². The van der Waals surface area contributed by atoms with E-state index >= 15 is 0 Å². The molecule has 0 aromatic rings. The summed E-state index contributed by atoms with van der Waals surface area (Å²) in [6.07, 6.45) is -1.56. The van der Waals surface area contributed by atoms with Gasteiger partial charge in [0.25, 0.3) is 6.26 Å². The van der Waals surface area contributed by atoms with Crippen LogP contribution in [0.5, 0.6) is 0 Å². The maximum atomic E-state index is 12.6. The molecule has 0 aromatic heterocycles. The first kappa shape index (κ1) is 78.4. The van der Waals surface area contributed by atoms with Crippen molar-refractivity contribution < 1.29 is 99.4 Å². The lowest BCUT2D eigenvalue weighted by molar-refractivity contribution is -0.151. The van der Waals surface area contributed by atoms with Crippen molar-refractivity contribution in [1.82, 2.24) is 20.4 Å². The zero-order chi connectivity index (χ0) is 56.7. The summed E-state index contributed by atoms with van der Waals surface area (Å²) in [5, 5.41) is 31.9. The first-order chi connectivity index (χ1) is 34.1. The van der Waals surface area contributed by atoms with E-state index in [0.717, 1.165) is 0 Å². The van der Waals surface area contributed by atoms with Crippen LogP contribution in [0.2, 0.25) is 13.1 Å². The molecule has 0 aliphatic carbocycles. The molecular weight excluding hydrogens is 1030 g/mol. The van der Waals surface area contributed by atoms with Crippen LogP contribution in [0.25, 0.3) is 0 Å². The van der Waals surface area contributed by atoms with Crippen molar-refractivity contribution in [3.63, 3.8) is 0 Å². The molecule has 0 bridgehead atoms. The Balaban J connectivity index is -0.000000407. The molecule has 2 amide bonds. The number of alkyl carbamates (subject to hydrolysis) is 2. The van der Waals surface area contributed by atoms with Gasteiger partial charge in [-0.2, -0.15) is 5.26 Å². The van der Waals surface area contributed by atoms with Crippen molar-refractivity contribution in [1.29, 1.82) is 5.26 Å². The smallest absolute Gasteiger partial charge is 0.407 e. The van der Waals surface area contributed by atoms with E-state index in [0.29, 0.717) is 5.57 Å². The Morgan fingerprint density at radius 1 is 0.547 bits per heavy atom. The van der Waals surface area contributed by atoms with Crippen molar-refractivity contribution in [2.24, 2.45) is 11.8 Å². The van der Waals surface area contributed by atoms with E-state index in [1.807, 2.05) is 0 Å². The van der Waals surface area contributed by atoms with Gasteiger partial charge in [-0.3, -0.25) is 19.4 Å². The van der Waals surface area contributed by atoms with Crippen LogP contribution in [-0.4, -0.2) is 211 Å². The molecule has 0 rings (SSSR count). The summed E-state index contributed by atoms with van der Waals surface area (Å²) in [4.78, 5) is 84.9. The molecule has 0 aromatic carbocycles. The van der Waals surface area contributed by atoms with Gasteiger partial charge in [0.15, 0.2) is 0 Å². The molecule has 75 heavy (non-hydrogen) atoms. The van der Waals surface area contributed by atoms with Crippen molar-refractivity contribution >= 4 is 59.2 Å². The fraction of sp³-hybridized carbons (Fsp3) is 0.702. The second kappa shape index (κ2) is 44.8. The molecule has 4 atom stereocenters. The van der Waals surface area contributed by atoms with E-state index < -0.39 is 83.4 Å². The molecule has 26 nitrogen and oxygen atoms in total. The second-order valence-corrected chi connectivity index (χ2v) is 22.9. The van der Waals surface area contributed by atoms with Crippen LogP contribution < -0.4 is 10.6 Å². The monoisotopic (exact) mass is 1120 g/mol. The Kier molecular flexibility index (Phi) is 46.8. The van der Waals surface area contributed by atoms with E-state index in [1.165, 1.54) is 67.3 Å². The third kappa shape index (κ3) is 40.5. The summed E-state index contributed by atoms with van der Waals surface area (Å²) in [6.45, 7) is 25.8. The number of carbonyl (C=O) groups excluding carboxylic acids is 7. The second-order valence-electron chi connectivity index (χ2n) is 16.2. The van der Waals surface area contributed by atoms with Gasteiger partial charge >= 0.3 is 59.2 Å². The largest absolute Gasteiger partial charge is 0.464 e. The first-order valence-electron chi connectivity index (χ1n) is 22.8. The summed E-state index contributed by atoms with van der Waals surface area (Å²) < 4.78 is 60.6. The van der Waals surface area contributed by atoms with Gasteiger partial charge in [-0.25, -0.2) is 24.0 Å². The maximum Gasteiger partial charge on any atom is 0.407 e. The summed E-state index contributed by atoms with van der Waals surface area (Å²) >= 11 is 0. The third-order valence-electron chi connectivity index (χ3n) is 9.48. The molecule has 28 heteroatoms. The molecule has 0 saturated heterocycles. The molecule has 0 aliphatic heterocycles. The average molecular weight is 1120 g/mol. The lowest BCUT2D eigenvalue weighted by atomic mass is 10.1. The molecule has 0 spiro atoms. The topological polar surface area (TPSA) is 325 Å². The highest BCUT2D eigenvalue weighted by atomic mass is 28.4. The highest BCUT2D eigenvalue weighted by molar-refractivity contribution is 6.66. The van der Waals surface area contributed by atoms with Gasteiger partial charge in [0.05, 0.1) is 24.9 Å². The molecule has 4 unspecified atom stereocenters. The number of aliphatic hydroxyl groups excluding tert-OH is 2. The van der Waals surface area contributed by atoms with E-state index in [2.05, 4.69) is 39.8 Å². The van der Waals surface area contributed by atoms with Crippen molar-refractivity contribution in [2.75, 3.05) is 120 Å². The number of hydrogen-bond acceptors (Lipinski definition) is 24. The van der Waals surface area contributed by atoms with Crippen LogP contribution in [0.3, 0.4) is 0 Å². The predicted molar refractivity (Wildman–Crippen MR) is 279 cm³/mol. The average Bonchev–Trinajstić information content (AvgIpc) is 3.34.